The first-order valence-corrected chi connectivity index (χ1v) is 6.66. The molecule has 3 rings (SSSR count). The van der Waals surface area contributed by atoms with Crippen molar-refractivity contribution in [1.82, 2.24) is 10.9 Å². The molecule has 0 aromatic heterocycles. The first-order valence-electron chi connectivity index (χ1n) is 5.87. The summed E-state index contributed by atoms with van der Waals surface area (Å²) in [6.45, 7) is 0. The second-order valence-corrected chi connectivity index (χ2v) is 5.16. The van der Waals surface area contributed by atoms with E-state index in [1.807, 2.05) is 24.3 Å². The van der Waals surface area contributed by atoms with Crippen LogP contribution in [0.5, 0.6) is 0 Å². The van der Waals surface area contributed by atoms with Gasteiger partial charge in [-0.05, 0) is 29.3 Å². The van der Waals surface area contributed by atoms with Gasteiger partial charge in [-0.1, -0.05) is 58.4 Å². The average Bonchev–Trinajstić information content (AvgIpc) is 2.89. The summed E-state index contributed by atoms with van der Waals surface area (Å²) in [4.78, 5) is 0. The normalized spacial score (nSPS) is 18.3. The van der Waals surface area contributed by atoms with Crippen LogP contribution < -0.4 is 10.9 Å². The molecule has 0 saturated carbocycles. The lowest BCUT2D eigenvalue weighted by Crippen LogP contribution is -2.26. The van der Waals surface area contributed by atoms with E-state index in [2.05, 4.69) is 63.2 Å². The van der Waals surface area contributed by atoms with Gasteiger partial charge in [-0.3, -0.25) is 0 Å². The van der Waals surface area contributed by atoms with Gasteiger partial charge in [-0.15, -0.1) is 0 Å². The van der Waals surface area contributed by atoms with Crippen LogP contribution in [0.25, 0.3) is 5.70 Å². The molecule has 2 nitrogen and oxygen atoms in total. The van der Waals surface area contributed by atoms with Crippen molar-refractivity contribution < 1.29 is 0 Å². The number of nitrogens with one attached hydrogen (secondary N) is 2. The molecule has 0 aliphatic carbocycles. The first-order chi connectivity index (χ1) is 8.83. The molecule has 3 heteroatoms. The summed E-state index contributed by atoms with van der Waals surface area (Å²) in [7, 11) is 0. The van der Waals surface area contributed by atoms with Gasteiger partial charge in [0.15, 0.2) is 0 Å². The van der Waals surface area contributed by atoms with Gasteiger partial charge in [0, 0.05) is 4.47 Å². The molecule has 1 heterocycles. The number of hydrogen-bond acceptors (Lipinski definition) is 2. The second-order valence-electron chi connectivity index (χ2n) is 4.25. The van der Waals surface area contributed by atoms with Crippen molar-refractivity contribution in [1.29, 1.82) is 0 Å². The SMILES string of the molecule is Brc1cccc(C2C=C(c3ccccc3)NN2)c1. The van der Waals surface area contributed by atoms with Gasteiger partial charge >= 0.3 is 0 Å². The van der Waals surface area contributed by atoms with Crippen molar-refractivity contribution in [3.8, 4) is 0 Å². The molecule has 0 fully saturated rings. The molecule has 1 unspecified atom stereocenters. The van der Waals surface area contributed by atoms with Crippen LogP contribution in [0.3, 0.4) is 0 Å². The summed E-state index contributed by atoms with van der Waals surface area (Å²) in [5, 5.41) is 0. The predicted octanol–water partition coefficient (Wildman–Crippen LogP) is 3.64. The third-order valence-electron chi connectivity index (χ3n) is 2.99. The molecule has 2 N–H and O–H groups in total. The van der Waals surface area contributed by atoms with Crippen molar-refractivity contribution in [2.24, 2.45) is 0 Å². The summed E-state index contributed by atoms with van der Waals surface area (Å²) in [6, 6.07) is 18.9. The van der Waals surface area contributed by atoms with Gasteiger partial charge in [-0.25, -0.2) is 5.43 Å². The van der Waals surface area contributed by atoms with E-state index in [9.17, 15) is 0 Å². The van der Waals surface area contributed by atoms with Crippen molar-refractivity contribution >= 4 is 21.6 Å². The van der Waals surface area contributed by atoms with Gasteiger partial charge in [0.25, 0.3) is 0 Å². The Morgan fingerprint density at radius 2 is 1.78 bits per heavy atom. The monoisotopic (exact) mass is 300 g/mol. The van der Waals surface area contributed by atoms with Gasteiger partial charge in [0.2, 0.25) is 0 Å². The van der Waals surface area contributed by atoms with E-state index in [1.54, 1.807) is 0 Å². The smallest absolute Gasteiger partial charge is 0.0714 e. The maximum Gasteiger partial charge on any atom is 0.0714 e. The highest BCUT2D eigenvalue weighted by Gasteiger charge is 2.17. The van der Waals surface area contributed by atoms with E-state index >= 15 is 0 Å². The largest absolute Gasteiger partial charge is 0.320 e. The lowest BCUT2D eigenvalue weighted by molar-refractivity contribution is 0.616. The van der Waals surface area contributed by atoms with Gasteiger partial charge in [-0.2, -0.15) is 0 Å². The molecule has 0 amide bonds. The molecule has 1 aliphatic rings. The maximum atomic E-state index is 3.50. The highest BCUT2D eigenvalue weighted by Crippen LogP contribution is 2.25. The molecular weight excluding hydrogens is 288 g/mol. The van der Waals surface area contributed by atoms with Gasteiger partial charge in [0.1, 0.15) is 0 Å². The quantitative estimate of drug-likeness (QED) is 0.885. The number of halogens is 1. The van der Waals surface area contributed by atoms with Crippen LogP contribution in [0.2, 0.25) is 0 Å². The molecule has 90 valence electrons. The fraction of sp³-hybridized carbons (Fsp3) is 0.0667. The zero-order chi connectivity index (χ0) is 12.4. The minimum absolute atomic E-state index is 0.206. The maximum absolute atomic E-state index is 3.50. The third kappa shape index (κ3) is 2.33. The Bertz CT molecular complexity index is 578. The zero-order valence-corrected chi connectivity index (χ0v) is 11.3. The highest BCUT2D eigenvalue weighted by atomic mass is 79.9. The van der Waals surface area contributed by atoms with Crippen LogP contribution in [0.4, 0.5) is 0 Å². The molecule has 2 aromatic carbocycles. The Kier molecular flexibility index (Phi) is 3.17. The molecule has 0 spiro atoms. The Morgan fingerprint density at radius 3 is 2.56 bits per heavy atom. The highest BCUT2D eigenvalue weighted by molar-refractivity contribution is 9.10. The Hall–Kier alpha value is -1.58. The van der Waals surface area contributed by atoms with E-state index in [4.69, 9.17) is 0 Å². The molecule has 1 aliphatic heterocycles. The van der Waals surface area contributed by atoms with Crippen LogP contribution in [0, 0.1) is 0 Å². The molecular formula is C15H13BrN2. The van der Waals surface area contributed by atoms with Crippen LogP contribution in [0.15, 0.2) is 65.1 Å². The minimum Gasteiger partial charge on any atom is -0.320 e. The number of benzene rings is 2. The topological polar surface area (TPSA) is 24.1 Å². The Labute approximate surface area is 115 Å². The minimum atomic E-state index is 0.206. The van der Waals surface area contributed by atoms with Crippen LogP contribution in [-0.2, 0) is 0 Å². The standard InChI is InChI=1S/C15H13BrN2/c16-13-8-4-7-12(9-13)15-10-14(17-18-15)11-5-2-1-3-6-11/h1-10,15,17-18H. The van der Waals surface area contributed by atoms with Gasteiger partial charge in [0.05, 0.1) is 11.7 Å². The third-order valence-corrected chi connectivity index (χ3v) is 3.48. The second kappa shape index (κ2) is 4.96. The summed E-state index contributed by atoms with van der Waals surface area (Å²) in [6.07, 6.45) is 2.21. The average molecular weight is 301 g/mol. The summed E-state index contributed by atoms with van der Waals surface area (Å²) in [5.41, 5.74) is 10.1. The molecule has 2 aromatic rings. The molecule has 1 atom stereocenters. The predicted molar refractivity (Wildman–Crippen MR) is 77.6 cm³/mol. The number of hydrogen-bond donors (Lipinski definition) is 2. The van der Waals surface area contributed by atoms with E-state index in [-0.39, 0.29) is 6.04 Å². The van der Waals surface area contributed by atoms with Gasteiger partial charge < -0.3 is 5.43 Å². The van der Waals surface area contributed by atoms with Crippen molar-refractivity contribution in [2.75, 3.05) is 0 Å². The number of rotatable bonds is 2. The summed E-state index contributed by atoms with van der Waals surface area (Å²) in [5.74, 6) is 0. The van der Waals surface area contributed by atoms with Crippen molar-refractivity contribution in [3.05, 3.63) is 76.3 Å². The van der Waals surface area contributed by atoms with Crippen LogP contribution >= 0.6 is 15.9 Å². The van der Waals surface area contributed by atoms with Crippen LogP contribution in [0.1, 0.15) is 17.2 Å². The summed E-state index contributed by atoms with van der Waals surface area (Å²) < 4.78 is 1.10. The van der Waals surface area contributed by atoms with Crippen molar-refractivity contribution in [2.45, 2.75) is 6.04 Å². The molecule has 18 heavy (non-hydrogen) atoms. The van der Waals surface area contributed by atoms with E-state index < -0.39 is 0 Å². The van der Waals surface area contributed by atoms with E-state index in [0.717, 1.165) is 10.2 Å². The Morgan fingerprint density at radius 1 is 0.944 bits per heavy atom. The summed E-state index contributed by atoms with van der Waals surface area (Å²) >= 11 is 3.50. The molecule has 0 radical (unpaired) electrons. The lowest BCUT2D eigenvalue weighted by Gasteiger charge is -2.09. The fourth-order valence-corrected chi connectivity index (χ4v) is 2.49. The number of hydrazine groups is 1. The van der Waals surface area contributed by atoms with E-state index in [0.29, 0.717) is 0 Å². The molecule has 0 saturated heterocycles. The Balaban J connectivity index is 1.88. The lowest BCUT2D eigenvalue weighted by atomic mass is 10.1. The van der Waals surface area contributed by atoms with Crippen molar-refractivity contribution in [3.63, 3.8) is 0 Å². The molecule has 0 bridgehead atoms. The zero-order valence-electron chi connectivity index (χ0n) is 9.73. The van der Waals surface area contributed by atoms with Crippen LogP contribution in [-0.4, -0.2) is 0 Å². The fourth-order valence-electron chi connectivity index (χ4n) is 2.07. The first kappa shape index (κ1) is 11.5. The van der Waals surface area contributed by atoms with E-state index in [1.165, 1.54) is 11.1 Å².